The molecule has 0 spiro atoms. The van der Waals surface area contributed by atoms with Gasteiger partial charge in [0.05, 0.1) is 12.0 Å². The molecule has 4 rings (SSSR count). The monoisotopic (exact) mass is 418 g/mol. The molecular formula is C21H30N4O3S. The van der Waals surface area contributed by atoms with Gasteiger partial charge in [0.15, 0.2) is 0 Å². The molecule has 7 nitrogen and oxygen atoms in total. The van der Waals surface area contributed by atoms with E-state index in [0.717, 1.165) is 48.3 Å². The van der Waals surface area contributed by atoms with Crippen molar-refractivity contribution in [3.63, 3.8) is 0 Å². The number of carbonyl (C=O) groups excluding carboxylic acids is 1. The average molecular weight is 419 g/mol. The fourth-order valence-corrected chi connectivity index (χ4v) is 5.54. The van der Waals surface area contributed by atoms with Crippen molar-refractivity contribution in [2.24, 2.45) is 0 Å². The van der Waals surface area contributed by atoms with Crippen LogP contribution in [0, 0.1) is 0 Å². The summed E-state index contributed by atoms with van der Waals surface area (Å²) in [6.45, 7) is 7.53. The van der Waals surface area contributed by atoms with E-state index in [1.54, 1.807) is 16.2 Å². The third-order valence-electron chi connectivity index (χ3n) is 5.88. The Labute approximate surface area is 175 Å². The molecule has 0 atom stereocenters. The summed E-state index contributed by atoms with van der Waals surface area (Å²) >= 11 is 1.70. The van der Waals surface area contributed by atoms with Crippen LogP contribution in [-0.4, -0.2) is 53.3 Å². The van der Waals surface area contributed by atoms with Crippen LogP contribution in [0.3, 0.4) is 0 Å². The number of amides is 1. The number of fused-ring (bicyclic) bond motifs is 3. The summed E-state index contributed by atoms with van der Waals surface area (Å²) in [4.78, 5) is 36.6. The predicted octanol–water partition coefficient (Wildman–Crippen LogP) is 3.42. The molecule has 2 aromatic rings. The van der Waals surface area contributed by atoms with Crippen molar-refractivity contribution in [1.82, 2.24) is 14.5 Å². The average Bonchev–Trinajstić information content (AvgIpc) is 3.12. The highest BCUT2D eigenvalue weighted by Crippen LogP contribution is 2.34. The van der Waals surface area contributed by atoms with Crippen molar-refractivity contribution in [3.05, 3.63) is 20.8 Å². The van der Waals surface area contributed by atoms with E-state index in [-0.39, 0.29) is 11.7 Å². The van der Waals surface area contributed by atoms with Crippen LogP contribution in [0.15, 0.2) is 4.79 Å². The van der Waals surface area contributed by atoms with Gasteiger partial charge in [-0.05, 0) is 44.6 Å². The van der Waals surface area contributed by atoms with E-state index in [1.807, 2.05) is 11.5 Å². The third kappa shape index (κ3) is 3.86. The highest BCUT2D eigenvalue weighted by atomic mass is 32.1. The molecule has 0 saturated carbocycles. The molecule has 2 aromatic heterocycles. The minimum absolute atomic E-state index is 0.116. The number of piperazine rings is 1. The number of hydrogen-bond donors (Lipinski definition) is 0. The number of hydrogen-bond acceptors (Lipinski definition) is 6. The Hall–Kier alpha value is -2.09. The van der Waals surface area contributed by atoms with Crippen molar-refractivity contribution >= 4 is 33.6 Å². The number of anilines is 1. The maximum atomic E-state index is 13.5. The second-order valence-electron chi connectivity index (χ2n) is 7.79. The van der Waals surface area contributed by atoms with Gasteiger partial charge in [-0.25, -0.2) is 9.78 Å². The Morgan fingerprint density at radius 1 is 1.14 bits per heavy atom. The number of ether oxygens (including phenoxy) is 1. The van der Waals surface area contributed by atoms with Crippen LogP contribution in [0.2, 0.25) is 0 Å². The van der Waals surface area contributed by atoms with Gasteiger partial charge < -0.3 is 14.5 Å². The van der Waals surface area contributed by atoms with Crippen molar-refractivity contribution in [2.45, 2.75) is 58.9 Å². The van der Waals surface area contributed by atoms with E-state index >= 15 is 0 Å². The Balaban J connectivity index is 1.68. The van der Waals surface area contributed by atoms with Crippen LogP contribution in [0.1, 0.15) is 50.0 Å². The molecule has 1 aliphatic heterocycles. The summed E-state index contributed by atoms with van der Waals surface area (Å²) in [6, 6.07) is 0. The van der Waals surface area contributed by atoms with Gasteiger partial charge >= 0.3 is 6.09 Å². The fraction of sp³-hybridized carbons (Fsp3) is 0.667. The molecule has 1 saturated heterocycles. The van der Waals surface area contributed by atoms with Crippen LogP contribution >= 0.6 is 11.3 Å². The van der Waals surface area contributed by atoms with Gasteiger partial charge in [0.25, 0.3) is 5.56 Å². The zero-order valence-corrected chi connectivity index (χ0v) is 18.2. The molecule has 0 N–H and O–H groups in total. The zero-order chi connectivity index (χ0) is 20.4. The predicted molar refractivity (Wildman–Crippen MR) is 116 cm³/mol. The largest absolute Gasteiger partial charge is 0.450 e. The second kappa shape index (κ2) is 8.73. The highest BCUT2D eigenvalue weighted by molar-refractivity contribution is 7.18. The lowest BCUT2D eigenvalue weighted by atomic mass is 9.97. The lowest BCUT2D eigenvalue weighted by Gasteiger charge is -2.35. The summed E-state index contributed by atoms with van der Waals surface area (Å²) < 4.78 is 7.00. The Kier molecular flexibility index (Phi) is 6.08. The lowest BCUT2D eigenvalue weighted by Crippen LogP contribution is -2.50. The molecule has 0 radical (unpaired) electrons. The van der Waals surface area contributed by atoms with Crippen LogP contribution in [0.5, 0.6) is 0 Å². The van der Waals surface area contributed by atoms with E-state index in [2.05, 4.69) is 11.8 Å². The van der Waals surface area contributed by atoms with Crippen LogP contribution in [0.4, 0.5) is 10.7 Å². The number of aryl methyl sites for hydroxylation is 2. The number of carbonyl (C=O) groups is 1. The maximum Gasteiger partial charge on any atom is 0.409 e. The lowest BCUT2D eigenvalue weighted by molar-refractivity contribution is 0.105. The first-order chi connectivity index (χ1) is 14.1. The number of rotatable bonds is 5. The van der Waals surface area contributed by atoms with Gasteiger partial charge in [-0.1, -0.05) is 13.3 Å². The normalized spacial score (nSPS) is 16.9. The Morgan fingerprint density at radius 2 is 1.90 bits per heavy atom. The first kappa shape index (κ1) is 20.2. The summed E-state index contributed by atoms with van der Waals surface area (Å²) in [5.41, 5.74) is 1.36. The molecule has 8 heteroatoms. The Morgan fingerprint density at radius 3 is 2.62 bits per heavy atom. The smallest absolute Gasteiger partial charge is 0.409 e. The van der Waals surface area contributed by atoms with Gasteiger partial charge in [0, 0.05) is 37.6 Å². The first-order valence-corrected chi connectivity index (χ1v) is 11.7. The quantitative estimate of drug-likeness (QED) is 0.744. The van der Waals surface area contributed by atoms with Crippen molar-refractivity contribution in [3.8, 4) is 0 Å². The summed E-state index contributed by atoms with van der Waals surface area (Å²) in [6.07, 6.45) is 6.15. The van der Waals surface area contributed by atoms with Crippen LogP contribution in [-0.2, 0) is 24.1 Å². The highest BCUT2D eigenvalue weighted by Gasteiger charge is 2.27. The van der Waals surface area contributed by atoms with Crippen LogP contribution in [0.25, 0.3) is 10.2 Å². The molecule has 1 aliphatic carbocycles. The molecule has 1 fully saturated rings. The number of nitrogens with zero attached hydrogens (tertiary/aromatic N) is 4. The minimum Gasteiger partial charge on any atom is -0.450 e. The van der Waals surface area contributed by atoms with Gasteiger partial charge in [-0.3, -0.25) is 9.36 Å². The number of unbranched alkanes of at least 4 members (excludes halogenated alkanes) is 1. The van der Waals surface area contributed by atoms with Gasteiger partial charge in [-0.2, -0.15) is 0 Å². The van der Waals surface area contributed by atoms with E-state index in [1.165, 1.54) is 16.9 Å². The minimum atomic E-state index is -0.259. The molecule has 0 bridgehead atoms. The van der Waals surface area contributed by atoms with Gasteiger partial charge in [0.1, 0.15) is 4.83 Å². The van der Waals surface area contributed by atoms with Crippen LogP contribution < -0.4 is 10.5 Å². The zero-order valence-electron chi connectivity index (χ0n) is 17.4. The van der Waals surface area contributed by atoms with Crippen molar-refractivity contribution < 1.29 is 9.53 Å². The molecular weight excluding hydrogens is 388 g/mol. The molecule has 3 heterocycles. The molecule has 158 valence electrons. The fourth-order valence-electron chi connectivity index (χ4n) is 4.29. The topological polar surface area (TPSA) is 67.7 Å². The first-order valence-electron chi connectivity index (χ1n) is 10.9. The Bertz CT molecular complexity index is 944. The maximum absolute atomic E-state index is 13.5. The molecule has 1 amide bonds. The summed E-state index contributed by atoms with van der Waals surface area (Å²) in [5.74, 6) is 0.762. The summed E-state index contributed by atoms with van der Waals surface area (Å²) in [7, 11) is 0. The third-order valence-corrected chi connectivity index (χ3v) is 7.06. The second-order valence-corrected chi connectivity index (χ2v) is 8.87. The van der Waals surface area contributed by atoms with E-state index in [9.17, 15) is 9.59 Å². The van der Waals surface area contributed by atoms with Crippen molar-refractivity contribution in [1.29, 1.82) is 0 Å². The number of thiophene rings is 1. The van der Waals surface area contributed by atoms with E-state index < -0.39 is 0 Å². The van der Waals surface area contributed by atoms with Crippen molar-refractivity contribution in [2.75, 3.05) is 37.7 Å². The van der Waals surface area contributed by atoms with Gasteiger partial charge in [-0.15, -0.1) is 11.3 Å². The molecule has 0 aromatic carbocycles. The summed E-state index contributed by atoms with van der Waals surface area (Å²) in [5, 5.41) is 0.856. The van der Waals surface area contributed by atoms with E-state index in [4.69, 9.17) is 9.72 Å². The molecule has 0 unspecified atom stereocenters. The number of aromatic nitrogens is 2. The SMILES string of the molecule is CCCCn1c(N2CCN(C(=O)OCC)CC2)nc2sc3c(c2c1=O)CCCC3. The molecule has 29 heavy (non-hydrogen) atoms. The van der Waals surface area contributed by atoms with Gasteiger partial charge in [0.2, 0.25) is 5.95 Å². The van der Waals surface area contributed by atoms with E-state index in [0.29, 0.717) is 39.3 Å². The standard InChI is InChI=1S/C21H30N4O3S/c1-3-5-10-25-19(26)17-15-8-6-7-9-16(15)29-18(17)22-20(25)23-11-13-24(14-12-23)21(27)28-4-2/h3-14H2,1-2H3. The molecule has 2 aliphatic rings.